The van der Waals surface area contributed by atoms with Crippen molar-refractivity contribution in [2.45, 2.75) is 18.5 Å². The largest absolute Gasteiger partial charge is 0.332 e. The van der Waals surface area contributed by atoms with Gasteiger partial charge in [-0.15, -0.1) is 0 Å². The van der Waals surface area contributed by atoms with E-state index in [2.05, 4.69) is 6.08 Å². The van der Waals surface area contributed by atoms with Crippen LogP contribution in [-0.2, 0) is 4.79 Å². The predicted molar refractivity (Wildman–Crippen MR) is 71.0 cm³/mol. The van der Waals surface area contributed by atoms with Gasteiger partial charge in [0.15, 0.2) is 0 Å². The molecule has 4 rings (SSSR count). The number of benzene rings is 1. The summed E-state index contributed by atoms with van der Waals surface area (Å²) < 4.78 is 0. The Bertz CT molecular complexity index is 598. The maximum absolute atomic E-state index is 12.5. The first kappa shape index (κ1) is 11.1. The topological polar surface area (TPSA) is 40.6 Å². The lowest BCUT2D eigenvalue weighted by molar-refractivity contribution is -0.119. The summed E-state index contributed by atoms with van der Waals surface area (Å²) in [4.78, 5) is 27.9. The van der Waals surface area contributed by atoms with E-state index in [1.165, 1.54) is 4.90 Å². The Labute approximate surface area is 115 Å². The molecule has 1 aromatic carbocycles. The SMILES string of the molecule is O=C1[C@H]2C3C=CC(C3)N2C(=O)N1c1cccc(Cl)c1. The summed E-state index contributed by atoms with van der Waals surface area (Å²) >= 11 is 5.93. The monoisotopic (exact) mass is 274 g/mol. The molecule has 0 N–H and O–H groups in total. The van der Waals surface area contributed by atoms with Crippen molar-refractivity contribution in [3.63, 3.8) is 0 Å². The third-order valence-corrected chi connectivity index (χ3v) is 4.34. The van der Waals surface area contributed by atoms with E-state index in [0.717, 1.165) is 6.42 Å². The van der Waals surface area contributed by atoms with E-state index >= 15 is 0 Å². The lowest BCUT2D eigenvalue weighted by atomic mass is 10.0. The molecule has 5 heteroatoms. The van der Waals surface area contributed by atoms with E-state index in [9.17, 15) is 9.59 Å². The Morgan fingerprint density at radius 3 is 2.79 bits per heavy atom. The summed E-state index contributed by atoms with van der Waals surface area (Å²) in [6.07, 6.45) is 4.96. The second-order valence-corrected chi connectivity index (χ2v) is 5.58. The van der Waals surface area contributed by atoms with E-state index in [0.29, 0.717) is 10.7 Å². The number of carbonyl (C=O) groups is 2. The van der Waals surface area contributed by atoms with Crippen LogP contribution in [0.3, 0.4) is 0 Å². The molecule has 4 nitrogen and oxygen atoms in total. The van der Waals surface area contributed by atoms with Crippen molar-refractivity contribution in [1.29, 1.82) is 0 Å². The minimum absolute atomic E-state index is 0.0793. The molecule has 1 aliphatic carbocycles. The minimum Gasteiger partial charge on any atom is -0.305 e. The molecule has 0 spiro atoms. The normalized spacial score (nSPS) is 31.5. The number of fused-ring (bicyclic) bond motifs is 5. The Kier molecular flexibility index (Phi) is 2.10. The number of hydrogen-bond donors (Lipinski definition) is 0. The van der Waals surface area contributed by atoms with Gasteiger partial charge in [0.25, 0.3) is 5.91 Å². The van der Waals surface area contributed by atoms with Crippen LogP contribution >= 0.6 is 11.6 Å². The van der Waals surface area contributed by atoms with Crippen LogP contribution in [0.15, 0.2) is 36.4 Å². The first-order valence-electron chi connectivity index (χ1n) is 6.27. The van der Waals surface area contributed by atoms with Crippen molar-refractivity contribution in [1.82, 2.24) is 4.90 Å². The molecule has 3 amide bonds. The average Bonchev–Trinajstić information content (AvgIpc) is 3.04. The Balaban J connectivity index is 1.77. The van der Waals surface area contributed by atoms with E-state index in [-0.39, 0.29) is 29.9 Å². The second kappa shape index (κ2) is 3.61. The van der Waals surface area contributed by atoms with Crippen LogP contribution in [0.1, 0.15) is 6.42 Å². The van der Waals surface area contributed by atoms with Crippen LogP contribution in [0.25, 0.3) is 0 Å². The highest BCUT2D eigenvalue weighted by atomic mass is 35.5. The number of halogens is 1. The number of carbonyl (C=O) groups excluding carboxylic acids is 2. The number of imide groups is 1. The first-order chi connectivity index (χ1) is 9.16. The third kappa shape index (κ3) is 1.35. The van der Waals surface area contributed by atoms with Crippen molar-refractivity contribution in [2.75, 3.05) is 4.90 Å². The van der Waals surface area contributed by atoms with Gasteiger partial charge in [-0.25, -0.2) is 9.69 Å². The number of urea groups is 1. The second-order valence-electron chi connectivity index (χ2n) is 5.14. The molecule has 2 bridgehead atoms. The Morgan fingerprint density at radius 1 is 1.21 bits per heavy atom. The van der Waals surface area contributed by atoms with Crippen LogP contribution in [0.5, 0.6) is 0 Å². The smallest absolute Gasteiger partial charge is 0.305 e. The highest BCUT2D eigenvalue weighted by Gasteiger charge is 2.57. The average molecular weight is 275 g/mol. The maximum atomic E-state index is 12.5. The molecular weight excluding hydrogens is 264 g/mol. The number of amides is 3. The standard InChI is InChI=1S/C14H11ClN2O2/c15-9-2-1-3-10(7-9)17-13(18)12-8-4-5-11(6-8)16(12)14(17)19/h1-5,7-8,11-12H,6H2/t8?,11?,12-/m1/s1. The van der Waals surface area contributed by atoms with Gasteiger partial charge in [0.05, 0.1) is 11.7 Å². The van der Waals surface area contributed by atoms with E-state index in [1.807, 2.05) is 6.08 Å². The van der Waals surface area contributed by atoms with Crippen LogP contribution in [-0.4, -0.2) is 28.9 Å². The molecule has 2 saturated heterocycles. The lowest BCUT2D eigenvalue weighted by Crippen LogP contribution is -2.38. The molecule has 1 aromatic rings. The summed E-state index contributed by atoms with van der Waals surface area (Å²) in [5.74, 6) is 0.0368. The lowest BCUT2D eigenvalue weighted by Gasteiger charge is -2.22. The fourth-order valence-corrected chi connectivity index (χ4v) is 3.50. The zero-order chi connectivity index (χ0) is 13.1. The number of rotatable bonds is 1. The van der Waals surface area contributed by atoms with Gasteiger partial charge in [0.2, 0.25) is 0 Å². The minimum atomic E-state index is -0.318. The zero-order valence-corrected chi connectivity index (χ0v) is 10.7. The van der Waals surface area contributed by atoms with E-state index in [4.69, 9.17) is 11.6 Å². The summed E-state index contributed by atoms with van der Waals surface area (Å²) in [6, 6.07) is 6.39. The van der Waals surface area contributed by atoms with Gasteiger partial charge >= 0.3 is 6.03 Å². The quantitative estimate of drug-likeness (QED) is 0.583. The Morgan fingerprint density at radius 2 is 2.05 bits per heavy atom. The molecule has 0 aromatic heterocycles. The third-order valence-electron chi connectivity index (χ3n) is 4.11. The predicted octanol–water partition coefficient (Wildman–Crippen LogP) is 2.44. The molecule has 96 valence electrons. The van der Waals surface area contributed by atoms with Crippen molar-refractivity contribution in [3.8, 4) is 0 Å². The maximum Gasteiger partial charge on any atom is 0.332 e. The van der Waals surface area contributed by atoms with Gasteiger partial charge in [0, 0.05) is 10.9 Å². The number of anilines is 1. The van der Waals surface area contributed by atoms with Gasteiger partial charge in [0.1, 0.15) is 6.04 Å². The molecule has 0 radical (unpaired) electrons. The van der Waals surface area contributed by atoms with Crippen molar-refractivity contribution >= 4 is 29.2 Å². The van der Waals surface area contributed by atoms with Gasteiger partial charge < -0.3 is 4.90 Å². The first-order valence-corrected chi connectivity index (χ1v) is 6.65. The van der Waals surface area contributed by atoms with Crippen LogP contribution in [0.4, 0.5) is 10.5 Å². The number of hydrogen-bond acceptors (Lipinski definition) is 2. The molecule has 3 atom stereocenters. The Hall–Kier alpha value is -1.81. The van der Waals surface area contributed by atoms with E-state index < -0.39 is 0 Å². The van der Waals surface area contributed by atoms with Gasteiger partial charge in [-0.3, -0.25) is 4.79 Å². The molecule has 3 aliphatic rings. The molecular formula is C14H11ClN2O2. The summed E-state index contributed by atoms with van der Waals surface area (Å²) in [5, 5.41) is 0.520. The molecule has 2 fully saturated rings. The van der Waals surface area contributed by atoms with Crippen molar-refractivity contribution in [2.24, 2.45) is 5.92 Å². The molecule has 0 saturated carbocycles. The molecule has 2 heterocycles. The van der Waals surface area contributed by atoms with E-state index in [1.54, 1.807) is 29.2 Å². The number of nitrogens with zero attached hydrogens (tertiary/aromatic N) is 2. The fourth-order valence-electron chi connectivity index (χ4n) is 3.32. The highest BCUT2D eigenvalue weighted by Crippen LogP contribution is 2.43. The molecule has 2 aliphatic heterocycles. The van der Waals surface area contributed by atoms with Crippen LogP contribution in [0, 0.1) is 5.92 Å². The van der Waals surface area contributed by atoms with Gasteiger partial charge in [-0.2, -0.15) is 0 Å². The van der Waals surface area contributed by atoms with Gasteiger partial charge in [-0.1, -0.05) is 29.8 Å². The summed E-state index contributed by atoms with van der Waals surface area (Å²) in [6.45, 7) is 0. The zero-order valence-electron chi connectivity index (χ0n) is 9.99. The van der Waals surface area contributed by atoms with Crippen LogP contribution < -0.4 is 4.90 Å². The summed E-state index contributed by atoms with van der Waals surface area (Å²) in [7, 11) is 0. The van der Waals surface area contributed by atoms with Crippen LogP contribution in [0.2, 0.25) is 5.02 Å². The fraction of sp³-hybridized carbons (Fsp3) is 0.286. The summed E-state index contributed by atoms with van der Waals surface area (Å²) in [5.41, 5.74) is 0.552. The highest BCUT2D eigenvalue weighted by molar-refractivity contribution is 6.31. The van der Waals surface area contributed by atoms with Crippen molar-refractivity contribution < 1.29 is 9.59 Å². The molecule has 19 heavy (non-hydrogen) atoms. The van der Waals surface area contributed by atoms with Crippen molar-refractivity contribution in [3.05, 3.63) is 41.4 Å². The molecule has 2 unspecified atom stereocenters. The van der Waals surface area contributed by atoms with Gasteiger partial charge in [-0.05, 0) is 24.6 Å².